The lowest BCUT2D eigenvalue weighted by Crippen LogP contribution is -2.54. The van der Waals surface area contributed by atoms with E-state index in [1.54, 1.807) is 30.3 Å². The molecule has 1 rings (SSSR count). The van der Waals surface area contributed by atoms with Gasteiger partial charge in [0.05, 0.1) is 13.1 Å². The molecule has 0 saturated carbocycles. The Balaban J connectivity index is 3.04. The summed E-state index contributed by atoms with van der Waals surface area (Å²) < 4.78 is 0. The summed E-state index contributed by atoms with van der Waals surface area (Å²) in [6.45, 7) is 0.669. The number of nitrogens with two attached hydrogens (primary N) is 3. The molecule has 0 fully saturated rings. The van der Waals surface area contributed by atoms with Crippen molar-refractivity contribution in [1.82, 2.24) is 4.90 Å². The highest BCUT2D eigenvalue weighted by molar-refractivity contribution is 5.93. The van der Waals surface area contributed by atoms with Crippen molar-refractivity contribution in [3.8, 4) is 0 Å². The Morgan fingerprint density at radius 2 is 1.50 bits per heavy atom. The van der Waals surface area contributed by atoms with E-state index in [1.165, 1.54) is 6.92 Å². The van der Waals surface area contributed by atoms with Crippen molar-refractivity contribution in [3.05, 3.63) is 35.9 Å². The minimum atomic E-state index is -1.38. The van der Waals surface area contributed by atoms with E-state index < -0.39 is 36.3 Å². The molecular formula is C13H18N4O3. The van der Waals surface area contributed by atoms with E-state index in [2.05, 4.69) is 0 Å². The molecule has 0 bridgehead atoms. The molecule has 3 amide bonds. The molecule has 1 atom stereocenters. The van der Waals surface area contributed by atoms with E-state index in [-0.39, 0.29) is 0 Å². The van der Waals surface area contributed by atoms with Gasteiger partial charge >= 0.3 is 0 Å². The predicted octanol–water partition coefficient (Wildman–Crippen LogP) is -1.34. The van der Waals surface area contributed by atoms with Crippen LogP contribution in [0.25, 0.3) is 0 Å². The molecule has 0 aliphatic carbocycles. The quantitative estimate of drug-likeness (QED) is 0.594. The normalized spacial score (nSPS) is 13.3. The SMILES string of the molecule is CC(N)(C(=O)N(CC(N)=O)CC(N)=O)c1ccccc1. The van der Waals surface area contributed by atoms with Gasteiger partial charge < -0.3 is 22.1 Å². The van der Waals surface area contributed by atoms with Crippen molar-refractivity contribution in [3.63, 3.8) is 0 Å². The van der Waals surface area contributed by atoms with Crippen molar-refractivity contribution < 1.29 is 14.4 Å². The highest BCUT2D eigenvalue weighted by Crippen LogP contribution is 2.20. The number of hydrogen-bond acceptors (Lipinski definition) is 4. The van der Waals surface area contributed by atoms with Gasteiger partial charge in [-0.3, -0.25) is 14.4 Å². The van der Waals surface area contributed by atoms with Crippen LogP contribution >= 0.6 is 0 Å². The van der Waals surface area contributed by atoms with Gasteiger partial charge in [-0.1, -0.05) is 30.3 Å². The van der Waals surface area contributed by atoms with E-state index in [1.807, 2.05) is 0 Å². The molecule has 1 aromatic carbocycles. The fourth-order valence-corrected chi connectivity index (χ4v) is 1.81. The summed E-state index contributed by atoms with van der Waals surface area (Å²) in [7, 11) is 0. The van der Waals surface area contributed by atoms with Crippen molar-refractivity contribution in [2.75, 3.05) is 13.1 Å². The first-order valence-electron chi connectivity index (χ1n) is 5.95. The maximum Gasteiger partial charge on any atom is 0.247 e. The standard InChI is InChI=1S/C13H18N4O3/c1-13(16,9-5-3-2-4-6-9)12(20)17(7-10(14)18)8-11(15)19/h2-6H,7-8,16H2,1H3,(H2,14,18)(H2,15,19). The van der Waals surface area contributed by atoms with Crippen LogP contribution in [0.1, 0.15) is 12.5 Å². The van der Waals surface area contributed by atoms with Gasteiger partial charge in [-0.25, -0.2) is 0 Å². The molecule has 0 aliphatic heterocycles. The van der Waals surface area contributed by atoms with Crippen molar-refractivity contribution in [2.45, 2.75) is 12.5 Å². The Kier molecular flexibility index (Phi) is 4.82. The first kappa shape index (κ1) is 15.6. The van der Waals surface area contributed by atoms with Gasteiger partial charge in [-0.2, -0.15) is 0 Å². The Labute approximate surface area is 116 Å². The van der Waals surface area contributed by atoms with E-state index >= 15 is 0 Å². The average molecular weight is 278 g/mol. The van der Waals surface area contributed by atoms with E-state index in [9.17, 15) is 14.4 Å². The van der Waals surface area contributed by atoms with Crippen LogP contribution in [0.5, 0.6) is 0 Å². The molecule has 0 spiro atoms. The van der Waals surface area contributed by atoms with Crippen LogP contribution in [0.4, 0.5) is 0 Å². The molecule has 0 aliphatic rings. The number of nitrogens with zero attached hydrogens (tertiary/aromatic N) is 1. The largest absolute Gasteiger partial charge is 0.368 e. The monoisotopic (exact) mass is 278 g/mol. The topological polar surface area (TPSA) is 133 Å². The summed E-state index contributed by atoms with van der Waals surface area (Å²) in [4.78, 5) is 35.4. The lowest BCUT2D eigenvalue weighted by molar-refractivity contribution is -0.142. The molecule has 20 heavy (non-hydrogen) atoms. The maximum absolute atomic E-state index is 12.4. The fourth-order valence-electron chi connectivity index (χ4n) is 1.81. The smallest absolute Gasteiger partial charge is 0.247 e. The zero-order valence-electron chi connectivity index (χ0n) is 11.2. The van der Waals surface area contributed by atoms with Crippen LogP contribution in [0.2, 0.25) is 0 Å². The average Bonchev–Trinajstić information content (AvgIpc) is 2.37. The van der Waals surface area contributed by atoms with Crippen LogP contribution in [0, 0.1) is 0 Å². The van der Waals surface area contributed by atoms with Crippen molar-refractivity contribution in [1.29, 1.82) is 0 Å². The summed E-state index contributed by atoms with van der Waals surface area (Å²) >= 11 is 0. The summed E-state index contributed by atoms with van der Waals surface area (Å²) in [6.07, 6.45) is 0. The van der Waals surface area contributed by atoms with Crippen molar-refractivity contribution in [2.24, 2.45) is 17.2 Å². The van der Waals surface area contributed by atoms with Gasteiger partial charge in [0, 0.05) is 0 Å². The first-order chi connectivity index (χ1) is 9.25. The minimum Gasteiger partial charge on any atom is -0.368 e. The molecule has 7 heteroatoms. The van der Waals surface area contributed by atoms with Gasteiger partial charge in [0.15, 0.2) is 0 Å². The molecular weight excluding hydrogens is 260 g/mol. The number of carbonyl (C=O) groups excluding carboxylic acids is 3. The lowest BCUT2D eigenvalue weighted by atomic mass is 9.91. The van der Waals surface area contributed by atoms with E-state index in [0.717, 1.165) is 4.90 Å². The second-order valence-corrected chi connectivity index (χ2v) is 4.66. The van der Waals surface area contributed by atoms with Gasteiger partial charge in [-0.15, -0.1) is 0 Å². The third kappa shape index (κ3) is 3.79. The Morgan fingerprint density at radius 1 is 1.05 bits per heavy atom. The molecule has 0 radical (unpaired) electrons. The fraction of sp³-hybridized carbons (Fsp3) is 0.308. The second-order valence-electron chi connectivity index (χ2n) is 4.66. The summed E-state index contributed by atoms with van der Waals surface area (Å²) in [5.41, 5.74) is 15.3. The zero-order chi connectivity index (χ0) is 15.3. The third-order valence-electron chi connectivity index (χ3n) is 2.80. The second kappa shape index (κ2) is 6.16. The van der Waals surface area contributed by atoms with Gasteiger partial charge in [0.1, 0.15) is 5.54 Å². The first-order valence-corrected chi connectivity index (χ1v) is 5.95. The number of amides is 3. The lowest BCUT2D eigenvalue weighted by Gasteiger charge is -2.30. The summed E-state index contributed by atoms with van der Waals surface area (Å²) in [6, 6.07) is 8.63. The van der Waals surface area contributed by atoms with Crippen LogP contribution in [0.3, 0.4) is 0 Å². The third-order valence-corrected chi connectivity index (χ3v) is 2.80. The maximum atomic E-state index is 12.4. The summed E-state index contributed by atoms with van der Waals surface area (Å²) in [5, 5.41) is 0. The molecule has 0 saturated heterocycles. The molecule has 0 aromatic heterocycles. The Morgan fingerprint density at radius 3 is 1.90 bits per heavy atom. The van der Waals surface area contributed by atoms with Crippen LogP contribution < -0.4 is 17.2 Å². The Bertz CT molecular complexity index is 498. The van der Waals surface area contributed by atoms with E-state index in [4.69, 9.17) is 17.2 Å². The number of hydrogen-bond donors (Lipinski definition) is 3. The number of rotatable bonds is 6. The molecule has 108 valence electrons. The van der Waals surface area contributed by atoms with Gasteiger partial charge in [0.2, 0.25) is 17.7 Å². The number of primary amides is 2. The molecule has 1 aromatic rings. The highest BCUT2D eigenvalue weighted by atomic mass is 16.2. The Hall–Kier alpha value is -2.41. The zero-order valence-corrected chi connectivity index (χ0v) is 11.2. The summed E-state index contributed by atoms with van der Waals surface area (Å²) in [5.74, 6) is -2.09. The van der Waals surface area contributed by atoms with Gasteiger partial charge in [-0.05, 0) is 12.5 Å². The molecule has 0 heterocycles. The number of carbonyl (C=O) groups is 3. The molecule has 6 N–H and O–H groups in total. The van der Waals surface area contributed by atoms with Crippen molar-refractivity contribution >= 4 is 17.7 Å². The molecule has 1 unspecified atom stereocenters. The van der Waals surface area contributed by atoms with Crippen LogP contribution in [0.15, 0.2) is 30.3 Å². The number of benzene rings is 1. The van der Waals surface area contributed by atoms with E-state index in [0.29, 0.717) is 5.56 Å². The highest BCUT2D eigenvalue weighted by Gasteiger charge is 2.35. The van der Waals surface area contributed by atoms with Crippen LogP contribution in [-0.2, 0) is 19.9 Å². The predicted molar refractivity (Wildman–Crippen MR) is 73.0 cm³/mol. The molecule has 7 nitrogen and oxygen atoms in total. The minimum absolute atomic E-state index is 0.415. The van der Waals surface area contributed by atoms with Crippen LogP contribution in [-0.4, -0.2) is 35.7 Å². The van der Waals surface area contributed by atoms with Gasteiger partial charge in [0.25, 0.3) is 0 Å².